The van der Waals surface area contributed by atoms with Crippen molar-refractivity contribution in [2.24, 2.45) is 0 Å². The monoisotopic (exact) mass is 243 g/mol. The zero-order valence-electron chi connectivity index (χ0n) is 7.81. The topological polar surface area (TPSA) is 25.8 Å². The van der Waals surface area contributed by atoms with E-state index in [9.17, 15) is 0 Å². The van der Waals surface area contributed by atoms with Gasteiger partial charge in [-0.3, -0.25) is 0 Å². The second-order valence-electron chi connectivity index (χ2n) is 3.22. The Hall–Kier alpha value is -1.44. The fourth-order valence-electron chi connectivity index (χ4n) is 1.70. The minimum Gasteiger partial charge on any atom is -0.237 e. The van der Waals surface area contributed by atoms with E-state index in [2.05, 4.69) is 28.2 Å². The summed E-state index contributed by atoms with van der Waals surface area (Å²) in [4.78, 5) is 8.52. The molecule has 0 aliphatic heterocycles. The van der Waals surface area contributed by atoms with Crippen molar-refractivity contribution in [2.45, 2.75) is 0 Å². The van der Waals surface area contributed by atoms with Crippen molar-refractivity contribution in [2.75, 3.05) is 0 Å². The van der Waals surface area contributed by atoms with Crippen LogP contribution in [0.5, 0.6) is 0 Å². The van der Waals surface area contributed by atoms with Gasteiger partial charge in [0.2, 0.25) is 0 Å². The second kappa shape index (κ2) is 3.97. The van der Waals surface area contributed by atoms with Crippen LogP contribution in [0.2, 0.25) is 0 Å². The van der Waals surface area contributed by atoms with Gasteiger partial charge >= 0.3 is 0 Å². The zero-order chi connectivity index (χ0) is 9.38. The van der Waals surface area contributed by atoms with Crippen LogP contribution < -0.4 is 0 Å². The summed E-state index contributed by atoms with van der Waals surface area (Å²) in [6.07, 6.45) is 3.63. The van der Waals surface area contributed by atoms with Crippen LogP contribution in [0.15, 0.2) is 48.8 Å². The third kappa shape index (κ3) is 1.60. The standard InChI is InChI=1S/C12H8N2.Cu/c1-2-5-10-9(4-1)8-14-12-11(10)6-3-7-13-12;/h1-8H;. The molecule has 3 aromatic rings. The molecule has 0 bridgehead atoms. The van der Waals surface area contributed by atoms with Gasteiger partial charge in [0.25, 0.3) is 0 Å². The molecule has 0 spiro atoms. The van der Waals surface area contributed by atoms with Crippen molar-refractivity contribution < 1.29 is 17.1 Å². The Bertz CT molecular complexity index is 553. The van der Waals surface area contributed by atoms with E-state index in [1.807, 2.05) is 24.4 Å². The van der Waals surface area contributed by atoms with Crippen LogP contribution in [0, 0.1) is 0 Å². The van der Waals surface area contributed by atoms with Gasteiger partial charge in [0.15, 0.2) is 5.65 Å². The van der Waals surface area contributed by atoms with Crippen molar-refractivity contribution in [1.82, 2.24) is 9.97 Å². The molecule has 0 N–H and O–H groups in total. The SMILES string of the molecule is [Cu].c1ccc2c(c1)cnc1ncccc12. The van der Waals surface area contributed by atoms with Gasteiger partial charge in [-0.15, -0.1) is 0 Å². The van der Waals surface area contributed by atoms with E-state index < -0.39 is 0 Å². The molecule has 0 aliphatic rings. The molecule has 0 atom stereocenters. The second-order valence-corrected chi connectivity index (χ2v) is 3.22. The normalized spacial score (nSPS) is 10.1. The van der Waals surface area contributed by atoms with Crippen LogP contribution in [-0.2, 0) is 17.1 Å². The van der Waals surface area contributed by atoms with Crippen LogP contribution in [-0.4, -0.2) is 9.97 Å². The van der Waals surface area contributed by atoms with Crippen molar-refractivity contribution in [3.05, 3.63) is 48.8 Å². The van der Waals surface area contributed by atoms with Crippen LogP contribution >= 0.6 is 0 Å². The summed E-state index contributed by atoms with van der Waals surface area (Å²) in [5.41, 5.74) is 0.811. The Morgan fingerprint density at radius 1 is 0.800 bits per heavy atom. The summed E-state index contributed by atoms with van der Waals surface area (Å²) < 4.78 is 0. The van der Waals surface area contributed by atoms with Gasteiger partial charge in [-0.2, -0.15) is 0 Å². The summed E-state index contributed by atoms with van der Waals surface area (Å²) in [5, 5.41) is 3.49. The third-order valence-electron chi connectivity index (χ3n) is 2.36. The summed E-state index contributed by atoms with van der Waals surface area (Å²) >= 11 is 0. The minimum absolute atomic E-state index is 0. The number of hydrogen-bond acceptors (Lipinski definition) is 2. The molecule has 0 saturated heterocycles. The van der Waals surface area contributed by atoms with E-state index in [1.54, 1.807) is 6.20 Å². The first kappa shape index (κ1) is 10.1. The van der Waals surface area contributed by atoms with Gasteiger partial charge < -0.3 is 0 Å². The number of benzene rings is 1. The molecule has 1 aromatic carbocycles. The van der Waals surface area contributed by atoms with E-state index in [1.165, 1.54) is 5.39 Å². The van der Waals surface area contributed by atoms with Crippen LogP contribution in [0.3, 0.4) is 0 Å². The zero-order valence-corrected chi connectivity index (χ0v) is 8.76. The molecular weight excluding hydrogens is 236 g/mol. The fraction of sp³-hybridized carbons (Fsp3) is 0. The van der Waals surface area contributed by atoms with E-state index >= 15 is 0 Å². The van der Waals surface area contributed by atoms with Crippen LogP contribution in [0.25, 0.3) is 21.8 Å². The van der Waals surface area contributed by atoms with Crippen LogP contribution in [0.1, 0.15) is 0 Å². The molecule has 0 fully saturated rings. The first-order valence-corrected chi connectivity index (χ1v) is 4.53. The maximum absolute atomic E-state index is 4.30. The predicted molar refractivity (Wildman–Crippen MR) is 57.0 cm³/mol. The van der Waals surface area contributed by atoms with Crippen molar-refractivity contribution >= 4 is 21.8 Å². The van der Waals surface area contributed by atoms with Gasteiger partial charge in [0.05, 0.1) is 0 Å². The average molecular weight is 244 g/mol. The minimum atomic E-state index is 0. The van der Waals surface area contributed by atoms with Crippen molar-refractivity contribution in [3.8, 4) is 0 Å². The van der Waals surface area contributed by atoms with Gasteiger partial charge in [-0.25, -0.2) is 9.97 Å². The Labute approximate surface area is 97.8 Å². The molecule has 2 aromatic heterocycles. The summed E-state index contributed by atoms with van der Waals surface area (Å²) in [7, 11) is 0. The predicted octanol–water partition coefficient (Wildman–Crippen LogP) is 2.78. The molecule has 0 amide bonds. The molecule has 2 nitrogen and oxygen atoms in total. The van der Waals surface area contributed by atoms with E-state index in [4.69, 9.17) is 0 Å². The van der Waals surface area contributed by atoms with E-state index in [0.717, 1.165) is 16.4 Å². The summed E-state index contributed by atoms with van der Waals surface area (Å²) in [6, 6.07) is 12.2. The number of rotatable bonds is 0. The third-order valence-corrected chi connectivity index (χ3v) is 2.36. The molecule has 77 valence electrons. The molecule has 2 heterocycles. The maximum atomic E-state index is 4.30. The molecule has 3 heteroatoms. The first-order chi connectivity index (χ1) is 6.95. The Kier molecular flexibility index (Phi) is 2.67. The molecule has 3 rings (SSSR count). The van der Waals surface area contributed by atoms with E-state index in [0.29, 0.717) is 0 Å². The number of nitrogens with zero attached hydrogens (tertiary/aromatic N) is 2. The molecular formula is C12H8CuN2. The molecule has 15 heavy (non-hydrogen) atoms. The van der Waals surface area contributed by atoms with Gasteiger partial charge in [0.1, 0.15) is 0 Å². The molecule has 0 saturated carbocycles. The van der Waals surface area contributed by atoms with Crippen molar-refractivity contribution in [1.29, 1.82) is 0 Å². The maximum Gasteiger partial charge on any atom is 0.159 e. The summed E-state index contributed by atoms with van der Waals surface area (Å²) in [6.45, 7) is 0. The fourth-order valence-corrected chi connectivity index (χ4v) is 1.70. The largest absolute Gasteiger partial charge is 0.237 e. The summed E-state index contributed by atoms with van der Waals surface area (Å²) in [5.74, 6) is 0. The van der Waals surface area contributed by atoms with Gasteiger partial charge in [-0.05, 0) is 17.5 Å². The van der Waals surface area contributed by atoms with Crippen LogP contribution in [0.4, 0.5) is 0 Å². The quantitative estimate of drug-likeness (QED) is 0.448. The molecule has 1 radical (unpaired) electrons. The Balaban J connectivity index is 0.000000853. The number of pyridine rings is 2. The van der Waals surface area contributed by atoms with Gasteiger partial charge in [0, 0.05) is 40.2 Å². The first-order valence-electron chi connectivity index (χ1n) is 4.53. The number of hydrogen-bond donors (Lipinski definition) is 0. The smallest absolute Gasteiger partial charge is 0.159 e. The van der Waals surface area contributed by atoms with E-state index in [-0.39, 0.29) is 17.1 Å². The number of fused-ring (bicyclic) bond motifs is 3. The molecule has 0 unspecified atom stereocenters. The Morgan fingerprint density at radius 3 is 2.53 bits per heavy atom. The molecule has 0 aliphatic carbocycles. The van der Waals surface area contributed by atoms with Crippen molar-refractivity contribution in [3.63, 3.8) is 0 Å². The average Bonchev–Trinajstić information content (AvgIpc) is 2.29. The number of aromatic nitrogens is 2. The van der Waals surface area contributed by atoms with Gasteiger partial charge in [-0.1, -0.05) is 24.3 Å². The Morgan fingerprint density at radius 2 is 1.60 bits per heavy atom.